The van der Waals surface area contributed by atoms with Gasteiger partial charge in [0.2, 0.25) is 0 Å². The van der Waals surface area contributed by atoms with E-state index in [2.05, 4.69) is 37.1 Å². The first-order valence-electron chi connectivity index (χ1n) is 14.2. The van der Waals surface area contributed by atoms with Gasteiger partial charge >= 0.3 is 23.9 Å². The van der Waals surface area contributed by atoms with Gasteiger partial charge in [-0.15, -0.1) is 11.8 Å². The molecule has 11 heteroatoms. The maximum atomic E-state index is 12.3. The second kappa shape index (κ2) is 15.9. The molecule has 233 valence electrons. The zero-order chi connectivity index (χ0) is 31.8. The molecule has 5 radical (unpaired) electrons. The van der Waals surface area contributed by atoms with Crippen LogP contribution in [0.25, 0.3) is 0 Å². The van der Waals surface area contributed by atoms with Gasteiger partial charge in [0.15, 0.2) is 18.3 Å². The molecule has 0 amide bonds. The van der Waals surface area contributed by atoms with Crippen molar-refractivity contribution in [2.75, 3.05) is 6.61 Å². The maximum Gasteiger partial charge on any atom is 0.303 e. The predicted octanol–water partition coefficient (Wildman–Crippen LogP) is 4.06. The summed E-state index contributed by atoms with van der Waals surface area (Å²) in [5, 5.41) is 2.22. The Morgan fingerprint density at radius 1 is 0.750 bits per heavy atom. The molecule has 1 saturated carbocycles. The van der Waals surface area contributed by atoms with Crippen LogP contribution < -0.4 is 10.6 Å². The van der Waals surface area contributed by atoms with Gasteiger partial charge in [0.05, 0.1) is 0 Å². The third-order valence-corrected chi connectivity index (χ3v) is 10.6. The number of ether oxygens (including phenoxy) is 5. The first-order valence-corrected chi connectivity index (χ1v) is 16.4. The fraction of sp³-hybridized carbons (Fsp3) is 0.364. The van der Waals surface area contributed by atoms with Crippen LogP contribution in [0.5, 0.6) is 0 Å². The van der Waals surface area contributed by atoms with Crippen molar-refractivity contribution < 1.29 is 42.9 Å². The average molecular weight is 640 g/mol. The summed E-state index contributed by atoms with van der Waals surface area (Å²) in [5.74, 6) is -1.44. The SMILES string of the molecule is CC(=O)OC[C@H]1O[C@@H](S[C@H](C)[C]2[CH][CH][CH][C]2P(c2ccccc2)c2ccccc2)[C@H](OC(C)=O)[C@@H](OC(C)=O)[C@@H]1OC(C)=O. The molecule has 9 nitrogen and oxygen atoms in total. The summed E-state index contributed by atoms with van der Waals surface area (Å²) in [6.45, 7) is 6.66. The third-order valence-electron chi connectivity index (χ3n) is 6.82. The van der Waals surface area contributed by atoms with E-state index in [0.29, 0.717) is 0 Å². The van der Waals surface area contributed by atoms with Crippen molar-refractivity contribution in [2.24, 2.45) is 0 Å². The highest BCUT2D eigenvalue weighted by atomic mass is 32.2. The lowest BCUT2D eigenvalue weighted by molar-refractivity contribution is -0.237. The van der Waals surface area contributed by atoms with Crippen LogP contribution in [0.3, 0.4) is 0 Å². The number of carbonyl (C=O) groups excluding carboxylic acids is 4. The highest BCUT2D eigenvalue weighted by Crippen LogP contribution is 2.58. The summed E-state index contributed by atoms with van der Waals surface area (Å²) in [6.07, 6.45) is 1.72. The fourth-order valence-electron chi connectivity index (χ4n) is 5.13. The van der Waals surface area contributed by atoms with Crippen LogP contribution in [-0.4, -0.2) is 65.6 Å². The van der Waals surface area contributed by atoms with Crippen molar-refractivity contribution in [1.82, 2.24) is 0 Å². The van der Waals surface area contributed by atoms with E-state index in [-0.39, 0.29) is 11.9 Å². The molecule has 0 unspecified atom stereocenters. The van der Waals surface area contributed by atoms with Crippen LogP contribution in [0.15, 0.2) is 60.7 Å². The lowest BCUT2D eigenvalue weighted by atomic mass is 9.99. The van der Waals surface area contributed by atoms with Gasteiger partial charge in [-0.1, -0.05) is 67.6 Å². The summed E-state index contributed by atoms with van der Waals surface area (Å²) >= 11 is 1.38. The van der Waals surface area contributed by atoms with Crippen LogP contribution in [-0.2, 0) is 42.9 Å². The molecule has 44 heavy (non-hydrogen) atoms. The monoisotopic (exact) mass is 639 g/mol. The number of thioether (sulfide) groups is 1. The smallest absolute Gasteiger partial charge is 0.303 e. The minimum absolute atomic E-state index is 0.182. The van der Waals surface area contributed by atoms with Crippen molar-refractivity contribution in [3.8, 4) is 0 Å². The Morgan fingerprint density at radius 2 is 1.27 bits per heavy atom. The molecule has 6 atom stereocenters. The standard InChI is InChI=1S/C33H36O9PS/c1-20(27-17-12-18-29(27)43(25-13-8-6-9-14-25)26-15-10-7-11-16-26)44-33-32(41-24(5)37)31(40-23(4)36)30(39-22(3)35)28(42-33)19-38-21(2)34/h6-18,20,28,30-33H,19H2,1-5H3/t20-,28-,30-,31+,32-,33+/m1/s1. The fourth-order valence-corrected chi connectivity index (χ4v) is 9.10. The summed E-state index contributed by atoms with van der Waals surface area (Å²) in [4.78, 5) is 48.3. The lowest BCUT2D eigenvalue weighted by Gasteiger charge is -2.45. The first kappa shape index (κ1) is 33.9. The van der Waals surface area contributed by atoms with E-state index in [1.807, 2.05) is 49.7 Å². The molecule has 2 aromatic carbocycles. The molecule has 2 fully saturated rings. The van der Waals surface area contributed by atoms with Gasteiger partial charge in [0.25, 0.3) is 0 Å². The zero-order valence-corrected chi connectivity index (χ0v) is 26.9. The van der Waals surface area contributed by atoms with E-state index in [1.54, 1.807) is 0 Å². The van der Waals surface area contributed by atoms with Gasteiger partial charge in [-0.05, 0) is 37.8 Å². The molecule has 0 N–H and O–H groups in total. The Labute approximate surface area is 264 Å². The lowest BCUT2D eigenvalue weighted by Crippen LogP contribution is -2.61. The van der Waals surface area contributed by atoms with E-state index in [4.69, 9.17) is 23.7 Å². The van der Waals surface area contributed by atoms with Crippen molar-refractivity contribution in [1.29, 1.82) is 0 Å². The van der Waals surface area contributed by atoms with E-state index >= 15 is 0 Å². The number of benzene rings is 2. The molecule has 0 bridgehead atoms. The number of hydrogen-bond acceptors (Lipinski definition) is 10. The predicted molar refractivity (Wildman–Crippen MR) is 167 cm³/mol. The van der Waals surface area contributed by atoms with Gasteiger partial charge in [-0.3, -0.25) is 19.2 Å². The molecule has 2 aliphatic rings. The maximum absolute atomic E-state index is 12.3. The van der Waals surface area contributed by atoms with E-state index in [0.717, 1.165) is 5.92 Å². The molecule has 0 spiro atoms. The summed E-state index contributed by atoms with van der Waals surface area (Å²) in [7, 11) is -0.894. The minimum Gasteiger partial charge on any atom is -0.463 e. The Morgan fingerprint density at radius 3 is 1.80 bits per heavy atom. The van der Waals surface area contributed by atoms with Gasteiger partial charge < -0.3 is 23.7 Å². The average Bonchev–Trinajstić information content (AvgIpc) is 3.45. The van der Waals surface area contributed by atoms with Gasteiger partial charge in [0.1, 0.15) is 18.1 Å². The van der Waals surface area contributed by atoms with Crippen molar-refractivity contribution >= 4 is 54.2 Å². The Hall–Kier alpha value is -2.94. The zero-order valence-electron chi connectivity index (χ0n) is 25.2. The molecule has 4 rings (SSSR count). The Bertz CT molecular complexity index is 1240. The van der Waals surface area contributed by atoms with Gasteiger partial charge in [-0.2, -0.15) is 0 Å². The normalized spacial score (nSPS) is 24.8. The van der Waals surface area contributed by atoms with Crippen LogP contribution in [0.2, 0.25) is 0 Å². The highest BCUT2D eigenvalue weighted by molar-refractivity contribution is 8.00. The minimum atomic E-state index is -1.20. The molecule has 1 aliphatic carbocycles. The quantitative estimate of drug-likeness (QED) is 0.203. The number of esters is 4. The van der Waals surface area contributed by atoms with Crippen LogP contribution in [0.1, 0.15) is 34.6 Å². The number of hydrogen-bond donors (Lipinski definition) is 0. The van der Waals surface area contributed by atoms with Crippen molar-refractivity contribution in [2.45, 2.75) is 69.7 Å². The van der Waals surface area contributed by atoms with E-state index < -0.39 is 61.7 Å². The van der Waals surface area contributed by atoms with Crippen LogP contribution in [0, 0.1) is 30.8 Å². The summed E-state index contributed by atoms with van der Waals surface area (Å²) in [6, 6.07) is 20.7. The topological polar surface area (TPSA) is 114 Å². The summed E-state index contributed by atoms with van der Waals surface area (Å²) in [5.41, 5.74) is 0.302. The first-order chi connectivity index (χ1) is 21.0. The summed E-state index contributed by atoms with van der Waals surface area (Å²) < 4.78 is 28.4. The number of carbonyl (C=O) groups is 4. The van der Waals surface area contributed by atoms with E-state index in [1.165, 1.54) is 55.7 Å². The Balaban J connectivity index is 1.65. The van der Waals surface area contributed by atoms with Crippen molar-refractivity contribution in [3.05, 3.63) is 91.5 Å². The highest BCUT2D eigenvalue weighted by Gasteiger charge is 2.53. The van der Waals surface area contributed by atoms with Gasteiger partial charge in [-0.25, -0.2) is 0 Å². The number of rotatable bonds is 11. The second-order valence-electron chi connectivity index (χ2n) is 10.2. The molecular formula is C33H36O9PS. The second-order valence-corrected chi connectivity index (χ2v) is 13.8. The molecule has 0 aromatic heterocycles. The van der Waals surface area contributed by atoms with Crippen molar-refractivity contribution in [3.63, 3.8) is 0 Å². The van der Waals surface area contributed by atoms with Crippen LogP contribution >= 0.6 is 19.7 Å². The van der Waals surface area contributed by atoms with Crippen LogP contribution in [0.4, 0.5) is 0 Å². The molecule has 1 heterocycles. The van der Waals surface area contributed by atoms with E-state index in [9.17, 15) is 19.2 Å². The molecule has 1 saturated heterocycles. The molecular weight excluding hydrogens is 603 g/mol. The molecule has 1 aliphatic heterocycles. The third kappa shape index (κ3) is 8.83. The largest absolute Gasteiger partial charge is 0.463 e. The molecule has 2 aromatic rings. The Kier molecular flexibility index (Phi) is 12.2. The van der Waals surface area contributed by atoms with Gasteiger partial charge in [0, 0.05) is 44.5 Å².